The first-order valence-corrected chi connectivity index (χ1v) is 5.80. The zero-order valence-corrected chi connectivity index (χ0v) is 10.9. The maximum atomic E-state index is 12.1. The highest BCUT2D eigenvalue weighted by molar-refractivity contribution is 6.36. The normalized spacial score (nSPS) is 11.4. The first-order valence-electron chi connectivity index (χ1n) is 5.42. The predicted molar refractivity (Wildman–Crippen MR) is 68.5 cm³/mol. The summed E-state index contributed by atoms with van der Waals surface area (Å²) in [5, 5.41) is 9.80. The van der Waals surface area contributed by atoms with Gasteiger partial charge in [0.25, 0.3) is 5.56 Å². The van der Waals surface area contributed by atoms with Gasteiger partial charge in [-0.15, -0.1) is 0 Å². The highest BCUT2D eigenvalue weighted by Gasteiger charge is 2.17. The average Bonchev–Trinajstić information content (AvgIpc) is 2.29. The van der Waals surface area contributed by atoms with Crippen LogP contribution in [0, 0.1) is 6.92 Å². The lowest BCUT2D eigenvalue weighted by molar-refractivity contribution is 0.201. The van der Waals surface area contributed by atoms with E-state index in [0.29, 0.717) is 5.56 Å². The van der Waals surface area contributed by atoms with Gasteiger partial charge in [0.15, 0.2) is 0 Å². The number of halogens is 1. The summed E-state index contributed by atoms with van der Waals surface area (Å²) in [7, 11) is 0. The van der Waals surface area contributed by atoms with Crippen molar-refractivity contribution in [1.29, 1.82) is 0 Å². The summed E-state index contributed by atoms with van der Waals surface area (Å²) in [5.74, 6) is -0.120. The van der Waals surface area contributed by atoms with Gasteiger partial charge in [-0.3, -0.25) is 4.79 Å². The van der Waals surface area contributed by atoms with Crippen LogP contribution >= 0.6 is 11.6 Å². The van der Waals surface area contributed by atoms with Crippen molar-refractivity contribution in [2.75, 3.05) is 0 Å². The van der Waals surface area contributed by atoms with E-state index in [2.05, 4.69) is 0 Å². The van der Waals surface area contributed by atoms with Crippen molar-refractivity contribution < 1.29 is 9.63 Å². The van der Waals surface area contributed by atoms with Crippen LogP contribution in [0.2, 0.25) is 5.02 Å². The lowest BCUT2D eigenvalue weighted by Crippen LogP contribution is -2.26. The first-order chi connectivity index (χ1) is 8.34. The fourth-order valence-corrected chi connectivity index (χ4v) is 2.01. The van der Waals surface area contributed by atoms with Gasteiger partial charge >= 0.3 is 5.63 Å². The number of rotatable bonds is 1. The molecule has 0 saturated heterocycles. The summed E-state index contributed by atoms with van der Waals surface area (Å²) in [6, 6.07) is 0.950. The zero-order valence-electron chi connectivity index (χ0n) is 10.2. The van der Waals surface area contributed by atoms with Crippen molar-refractivity contribution in [2.24, 2.45) is 0 Å². The molecule has 1 aromatic carbocycles. The Morgan fingerprint density at radius 3 is 2.56 bits per heavy atom. The molecule has 5 nitrogen and oxygen atoms in total. The van der Waals surface area contributed by atoms with Gasteiger partial charge in [0.2, 0.25) is 0 Å². The molecule has 1 N–H and O–H groups in total. The third kappa shape index (κ3) is 1.71. The molecule has 0 radical (unpaired) electrons. The van der Waals surface area contributed by atoms with Crippen LogP contribution in [0.5, 0.6) is 5.75 Å². The standard InChI is InChI=1S/C12H12ClNO4/c1-5(2)14-11(16)7-4-8(15)6(3)10(13)9(7)12(17)18-14/h4-5,15H,1-3H3. The van der Waals surface area contributed by atoms with Crippen LogP contribution in [0.4, 0.5) is 0 Å². The SMILES string of the molecule is Cc1c(O)cc2c(=O)n(C(C)C)oc(=O)c2c1Cl. The molecule has 0 spiro atoms. The van der Waals surface area contributed by atoms with Gasteiger partial charge in [-0.1, -0.05) is 11.6 Å². The minimum Gasteiger partial charge on any atom is -0.508 e. The van der Waals surface area contributed by atoms with Crippen LogP contribution in [0.25, 0.3) is 10.8 Å². The molecule has 0 saturated carbocycles. The molecule has 18 heavy (non-hydrogen) atoms. The summed E-state index contributed by atoms with van der Waals surface area (Å²) in [5.41, 5.74) is -0.832. The Bertz CT molecular complexity index is 742. The van der Waals surface area contributed by atoms with Crippen LogP contribution in [0.1, 0.15) is 25.5 Å². The summed E-state index contributed by atoms with van der Waals surface area (Å²) >= 11 is 5.97. The van der Waals surface area contributed by atoms with E-state index in [4.69, 9.17) is 16.1 Å². The third-order valence-corrected chi connectivity index (χ3v) is 3.24. The topological polar surface area (TPSA) is 72.4 Å². The minimum absolute atomic E-state index is 0.00821. The van der Waals surface area contributed by atoms with E-state index in [9.17, 15) is 14.7 Å². The van der Waals surface area contributed by atoms with Crippen molar-refractivity contribution in [2.45, 2.75) is 26.8 Å². The Labute approximate surface area is 107 Å². The number of fused-ring (bicyclic) bond motifs is 1. The quantitative estimate of drug-likeness (QED) is 0.861. The summed E-state index contributed by atoms with van der Waals surface area (Å²) < 4.78 is 5.91. The fourth-order valence-electron chi connectivity index (χ4n) is 1.74. The van der Waals surface area contributed by atoms with Gasteiger partial charge in [0, 0.05) is 5.56 Å². The number of aromatic hydroxyl groups is 1. The lowest BCUT2D eigenvalue weighted by atomic mass is 10.1. The molecule has 0 aliphatic rings. The predicted octanol–water partition coefficient (Wildman–Crippen LogP) is 2.20. The second-order valence-electron chi connectivity index (χ2n) is 4.36. The molecule has 0 bridgehead atoms. The van der Waals surface area contributed by atoms with E-state index in [-0.39, 0.29) is 27.6 Å². The molecule has 6 heteroatoms. The molecule has 0 amide bonds. The molecule has 0 atom stereocenters. The maximum Gasteiger partial charge on any atom is 0.365 e. The van der Waals surface area contributed by atoms with Gasteiger partial charge < -0.3 is 9.63 Å². The zero-order chi connectivity index (χ0) is 13.6. The molecular formula is C12H12ClNO4. The molecule has 0 fully saturated rings. The molecule has 1 aromatic heterocycles. The van der Waals surface area contributed by atoms with Crippen molar-refractivity contribution in [3.63, 3.8) is 0 Å². The highest BCUT2D eigenvalue weighted by Crippen LogP contribution is 2.30. The summed E-state index contributed by atoms with van der Waals surface area (Å²) in [4.78, 5) is 23.9. The Kier molecular flexibility index (Phi) is 2.94. The monoisotopic (exact) mass is 269 g/mol. The van der Waals surface area contributed by atoms with Crippen molar-refractivity contribution >= 4 is 22.4 Å². The summed E-state index contributed by atoms with van der Waals surface area (Å²) in [6.45, 7) is 4.99. The maximum absolute atomic E-state index is 12.1. The molecule has 1 heterocycles. The number of nitrogens with zero attached hydrogens (tertiary/aromatic N) is 1. The van der Waals surface area contributed by atoms with Gasteiger partial charge in [-0.05, 0) is 26.8 Å². The molecule has 0 unspecified atom stereocenters. The van der Waals surface area contributed by atoms with Gasteiger partial charge in [0.1, 0.15) is 5.75 Å². The van der Waals surface area contributed by atoms with Crippen LogP contribution in [0.3, 0.4) is 0 Å². The summed E-state index contributed by atoms with van der Waals surface area (Å²) in [6.07, 6.45) is 0. The molecular weight excluding hydrogens is 258 g/mol. The van der Waals surface area contributed by atoms with Crippen molar-refractivity contribution in [3.05, 3.63) is 37.4 Å². The average molecular weight is 270 g/mol. The van der Waals surface area contributed by atoms with E-state index in [1.807, 2.05) is 0 Å². The number of hydrogen-bond acceptors (Lipinski definition) is 4. The number of phenolic OH excluding ortho intramolecular Hbond substituents is 1. The van der Waals surface area contributed by atoms with Gasteiger partial charge in [-0.2, -0.15) is 4.74 Å². The van der Waals surface area contributed by atoms with E-state index in [0.717, 1.165) is 4.74 Å². The first kappa shape index (κ1) is 12.7. The molecule has 0 aliphatic carbocycles. The number of aromatic nitrogens is 1. The molecule has 96 valence electrons. The van der Waals surface area contributed by atoms with Crippen molar-refractivity contribution in [3.8, 4) is 5.75 Å². The lowest BCUT2D eigenvalue weighted by Gasteiger charge is -2.10. The molecule has 0 aliphatic heterocycles. The second-order valence-corrected chi connectivity index (χ2v) is 4.74. The van der Waals surface area contributed by atoms with Crippen molar-refractivity contribution in [1.82, 2.24) is 4.74 Å². The highest BCUT2D eigenvalue weighted by atomic mass is 35.5. The molecule has 2 rings (SSSR count). The Balaban J connectivity index is 3.09. The van der Waals surface area contributed by atoms with E-state index in [1.165, 1.54) is 6.07 Å². The Morgan fingerprint density at radius 2 is 2.00 bits per heavy atom. The van der Waals surface area contributed by atoms with Crippen LogP contribution in [-0.4, -0.2) is 9.85 Å². The Morgan fingerprint density at radius 1 is 1.39 bits per heavy atom. The number of hydrogen-bond donors (Lipinski definition) is 1. The van der Waals surface area contributed by atoms with Gasteiger partial charge in [-0.25, -0.2) is 4.79 Å². The van der Waals surface area contributed by atoms with Gasteiger partial charge in [0.05, 0.1) is 21.8 Å². The molecule has 2 aromatic rings. The fraction of sp³-hybridized carbons (Fsp3) is 0.333. The second kappa shape index (κ2) is 4.17. The minimum atomic E-state index is -0.689. The van der Waals surface area contributed by atoms with E-state index in [1.54, 1.807) is 20.8 Å². The number of phenols is 1. The van der Waals surface area contributed by atoms with E-state index < -0.39 is 11.2 Å². The smallest absolute Gasteiger partial charge is 0.365 e. The van der Waals surface area contributed by atoms with E-state index >= 15 is 0 Å². The van der Waals surface area contributed by atoms with Crippen LogP contribution < -0.4 is 11.2 Å². The number of benzene rings is 1. The van der Waals surface area contributed by atoms with Crippen LogP contribution in [0.15, 0.2) is 20.2 Å². The third-order valence-electron chi connectivity index (χ3n) is 2.77. The Hall–Kier alpha value is -1.75. The largest absolute Gasteiger partial charge is 0.508 e. The van der Waals surface area contributed by atoms with Crippen LogP contribution in [-0.2, 0) is 0 Å².